The van der Waals surface area contributed by atoms with Gasteiger partial charge in [-0.25, -0.2) is 22.8 Å². The molecule has 3 fully saturated rings. The third-order valence-electron chi connectivity index (χ3n) is 9.96. The zero-order valence-corrected chi connectivity index (χ0v) is 21.6. The molecule has 3 saturated carbocycles. The van der Waals surface area contributed by atoms with Gasteiger partial charge in [0.25, 0.3) is 0 Å². The topological polar surface area (TPSA) is 103 Å². The van der Waals surface area contributed by atoms with E-state index in [0.717, 1.165) is 6.08 Å². The summed E-state index contributed by atoms with van der Waals surface area (Å²) >= 11 is 0. The monoisotopic (exact) mass is 536 g/mol. The lowest BCUT2D eigenvalue weighted by Gasteiger charge is -2.63. The zero-order chi connectivity index (χ0) is 27.8. The highest BCUT2D eigenvalue weighted by atomic mass is 19.1. The minimum Gasteiger partial charge on any atom is -0.457 e. The highest BCUT2D eigenvalue weighted by molar-refractivity contribution is 6.01. The Morgan fingerprint density at radius 2 is 1.95 bits per heavy atom. The number of aliphatic hydroxyl groups is 1. The van der Waals surface area contributed by atoms with Crippen molar-refractivity contribution in [2.45, 2.75) is 70.5 Å². The van der Waals surface area contributed by atoms with Gasteiger partial charge < -0.3 is 19.0 Å². The van der Waals surface area contributed by atoms with Crippen LogP contribution in [0.4, 0.5) is 13.2 Å². The van der Waals surface area contributed by atoms with Gasteiger partial charge in [0.05, 0.1) is 12.4 Å². The van der Waals surface area contributed by atoms with Gasteiger partial charge in [-0.2, -0.15) is 0 Å². The van der Waals surface area contributed by atoms with Crippen molar-refractivity contribution < 1.29 is 46.6 Å². The molecule has 1 N–H and O–H groups in total. The normalized spacial score (nSPS) is 43.5. The number of esters is 2. The van der Waals surface area contributed by atoms with E-state index in [0.29, 0.717) is 5.56 Å². The van der Waals surface area contributed by atoms with Crippen molar-refractivity contribution in [3.05, 3.63) is 47.5 Å². The molecule has 0 radical (unpaired) electrons. The number of hydrogen-bond donors (Lipinski definition) is 1. The molecule has 0 saturated heterocycles. The average Bonchev–Trinajstić information content (AvgIpc) is 3.37. The number of aliphatic hydroxyl groups excluding tert-OH is 1. The molecular weight excluding hydrogens is 505 g/mol. The van der Waals surface area contributed by atoms with Crippen LogP contribution in [0.1, 0.15) is 56.2 Å². The molecule has 1 aromatic rings. The van der Waals surface area contributed by atoms with E-state index in [9.17, 15) is 23.9 Å². The van der Waals surface area contributed by atoms with Crippen molar-refractivity contribution in [3.63, 3.8) is 0 Å². The number of halogens is 3. The van der Waals surface area contributed by atoms with Crippen molar-refractivity contribution in [1.29, 1.82) is 0 Å². The van der Waals surface area contributed by atoms with Crippen LogP contribution in [0.25, 0.3) is 0 Å². The Morgan fingerprint density at radius 1 is 1.24 bits per heavy atom. The summed E-state index contributed by atoms with van der Waals surface area (Å²) in [7, 11) is 0. The summed E-state index contributed by atoms with van der Waals surface area (Å²) in [5.74, 6) is -5.42. The van der Waals surface area contributed by atoms with Crippen LogP contribution in [0.3, 0.4) is 0 Å². The smallest absolute Gasteiger partial charge is 0.375 e. The molecule has 0 bridgehead atoms. The van der Waals surface area contributed by atoms with Crippen LogP contribution in [0.15, 0.2) is 40.5 Å². The number of hydrogen-bond acceptors (Lipinski definition) is 7. The fourth-order valence-electron chi connectivity index (χ4n) is 8.15. The lowest BCUT2D eigenvalue weighted by molar-refractivity contribution is -0.232. The maximum Gasteiger partial charge on any atom is 0.375 e. The standard InChI is InChI=1S/C28H31F3O7/c1-14-6-8-36-22(14)23(34)38-28(24(35)37-13-29)15(2)9-17-18-11-20(30)19-10-16(32)5-7-25(19,3)27(18,31)21(33)12-26(17,28)4/h5-8,10,15,17-18,20-21,33H,9,11-13H2,1-4H3/t15-,17?,18-,20+,21+,25+,26+,27+,28+/m1/s1. The Balaban J connectivity index is 1.64. The SMILES string of the molecule is Cc1ccoc1C(=O)O[C@]1(C(=O)OCF)[C@H](C)CC2[C@H]3C[C@H](F)C4=CC(=O)C=C[C@]4(C)[C@@]3(F)[C@@H](O)C[C@@]21C. The van der Waals surface area contributed by atoms with Gasteiger partial charge in [0.2, 0.25) is 18.2 Å². The fourth-order valence-corrected chi connectivity index (χ4v) is 8.15. The molecule has 0 spiro atoms. The van der Waals surface area contributed by atoms with Crippen molar-refractivity contribution in [2.24, 2.45) is 28.6 Å². The first-order valence-electron chi connectivity index (χ1n) is 12.7. The highest BCUT2D eigenvalue weighted by Gasteiger charge is 2.79. The first-order chi connectivity index (χ1) is 17.8. The van der Waals surface area contributed by atoms with Gasteiger partial charge in [-0.1, -0.05) is 19.9 Å². The maximum absolute atomic E-state index is 17.4. The zero-order valence-electron chi connectivity index (χ0n) is 21.6. The van der Waals surface area contributed by atoms with Crippen LogP contribution in [-0.2, 0) is 19.1 Å². The van der Waals surface area contributed by atoms with Gasteiger partial charge in [0.1, 0.15) is 6.17 Å². The lowest BCUT2D eigenvalue weighted by Crippen LogP contribution is -2.71. The molecule has 0 aromatic carbocycles. The quantitative estimate of drug-likeness (QED) is 0.565. The molecule has 0 aliphatic heterocycles. The molecule has 7 nitrogen and oxygen atoms in total. The van der Waals surface area contributed by atoms with Crippen LogP contribution in [0.2, 0.25) is 0 Å². The third-order valence-corrected chi connectivity index (χ3v) is 9.96. The molecule has 1 heterocycles. The van der Waals surface area contributed by atoms with Gasteiger partial charge in [-0.3, -0.25) is 4.79 Å². The molecule has 1 unspecified atom stereocenters. The summed E-state index contributed by atoms with van der Waals surface area (Å²) in [4.78, 5) is 38.8. The summed E-state index contributed by atoms with van der Waals surface area (Å²) in [6.07, 6.45) is 0.872. The number of furan rings is 1. The molecule has 10 heteroatoms. The number of carbonyl (C=O) groups is 3. The molecule has 5 rings (SSSR count). The number of ketones is 1. The van der Waals surface area contributed by atoms with Crippen LogP contribution in [0.5, 0.6) is 0 Å². The summed E-state index contributed by atoms with van der Waals surface area (Å²) in [6.45, 7) is 4.78. The molecule has 38 heavy (non-hydrogen) atoms. The highest BCUT2D eigenvalue weighted by Crippen LogP contribution is 2.71. The van der Waals surface area contributed by atoms with E-state index < -0.39 is 76.7 Å². The van der Waals surface area contributed by atoms with Gasteiger partial charge in [-0.05, 0) is 62.8 Å². The van der Waals surface area contributed by atoms with E-state index in [1.807, 2.05) is 0 Å². The average molecular weight is 537 g/mol. The summed E-state index contributed by atoms with van der Waals surface area (Å²) < 4.78 is 62.3. The van der Waals surface area contributed by atoms with Crippen LogP contribution < -0.4 is 0 Å². The Morgan fingerprint density at radius 3 is 2.58 bits per heavy atom. The molecule has 4 aliphatic carbocycles. The molecule has 4 aliphatic rings. The second-order valence-electron chi connectivity index (χ2n) is 11.6. The molecule has 1 aromatic heterocycles. The number of alkyl halides is 3. The van der Waals surface area contributed by atoms with E-state index in [2.05, 4.69) is 0 Å². The number of allylic oxidation sites excluding steroid dienone is 4. The van der Waals surface area contributed by atoms with Gasteiger partial charge in [0.15, 0.2) is 11.5 Å². The van der Waals surface area contributed by atoms with Gasteiger partial charge in [-0.15, -0.1) is 0 Å². The van der Waals surface area contributed by atoms with Crippen molar-refractivity contribution >= 4 is 17.7 Å². The minimum atomic E-state index is -2.38. The first-order valence-corrected chi connectivity index (χ1v) is 12.7. The molecule has 206 valence electrons. The van der Waals surface area contributed by atoms with E-state index in [4.69, 9.17) is 13.9 Å². The van der Waals surface area contributed by atoms with Crippen LogP contribution >= 0.6 is 0 Å². The number of fused-ring (bicyclic) bond motifs is 5. The van der Waals surface area contributed by atoms with E-state index in [-0.39, 0.29) is 30.6 Å². The maximum atomic E-state index is 17.4. The second-order valence-corrected chi connectivity index (χ2v) is 11.6. The number of carbonyl (C=O) groups excluding carboxylic acids is 3. The molecule has 9 atom stereocenters. The predicted octanol–water partition coefficient (Wildman–Crippen LogP) is 4.52. The van der Waals surface area contributed by atoms with Crippen LogP contribution in [0, 0.1) is 35.5 Å². The Hall–Kier alpha value is -2.88. The van der Waals surface area contributed by atoms with Crippen molar-refractivity contribution in [3.8, 4) is 0 Å². The lowest BCUT2D eigenvalue weighted by atomic mass is 9.44. The van der Waals surface area contributed by atoms with Crippen LogP contribution in [-0.4, -0.2) is 53.2 Å². The first kappa shape index (κ1) is 26.7. The van der Waals surface area contributed by atoms with Gasteiger partial charge >= 0.3 is 11.9 Å². The largest absolute Gasteiger partial charge is 0.457 e. The predicted molar refractivity (Wildman–Crippen MR) is 127 cm³/mol. The van der Waals surface area contributed by atoms with Crippen molar-refractivity contribution in [1.82, 2.24) is 0 Å². The summed E-state index contributed by atoms with van der Waals surface area (Å²) in [5.41, 5.74) is -7.13. The number of aryl methyl sites for hydroxylation is 1. The molecular formula is C28H31F3O7. The Kier molecular flexibility index (Phi) is 6.02. The second kappa shape index (κ2) is 8.56. The number of ether oxygens (including phenoxy) is 2. The summed E-state index contributed by atoms with van der Waals surface area (Å²) in [6, 6.07) is 1.53. The minimum absolute atomic E-state index is 0.0275. The Bertz CT molecular complexity index is 1250. The van der Waals surface area contributed by atoms with E-state index >= 15 is 8.78 Å². The number of rotatable bonds is 4. The van der Waals surface area contributed by atoms with E-state index in [1.54, 1.807) is 20.8 Å². The molecule has 0 amide bonds. The van der Waals surface area contributed by atoms with Gasteiger partial charge in [0, 0.05) is 28.2 Å². The van der Waals surface area contributed by atoms with Crippen molar-refractivity contribution in [2.75, 3.05) is 6.86 Å². The summed E-state index contributed by atoms with van der Waals surface area (Å²) in [5, 5.41) is 11.5. The Labute approximate surface area is 218 Å². The fraction of sp³-hybridized carbons (Fsp3) is 0.607. The third kappa shape index (κ3) is 3.15. The van der Waals surface area contributed by atoms with E-state index in [1.165, 1.54) is 31.4 Å².